The molecule has 2 rings (SSSR count). The van der Waals surface area contributed by atoms with E-state index in [4.69, 9.17) is 5.73 Å². The van der Waals surface area contributed by atoms with E-state index in [2.05, 4.69) is 23.6 Å². The second-order valence-electron chi connectivity index (χ2n) is 6.81. The van der Waals surface area contributed by atoms with Crippen molar-refractivity contribution >= 4 is 0 Å². The summed E-state index contributed by atoms with van der Waals surface area (Å²) >= 11 is 0. The van der Waals surface area contributed by atoms with E-state index in [1.807, 2.05) is 0 Å². The Balaban J connectivity index is 1.78. The van der Waals surface area contributed by atoms with Crippen molar-refractivity contribution in [3.63, 3.8) is 0 Å². The maximum absolute atomic E-state index is 5.75. The molecule has 3 atom stereocenters. The first kappa shape index (κ1) is 16.3. The van der Waals surface area contributed by atoms with Crippen LogP contribution in [0, 0.1) is 5.92 Å². The Hall–Kier alpha value is -0.120. The van der Waals surface area contributed by atoms with E-state index in [1.165, 1.54) is 64.7 Å². The first-order valence-electron chi connectivity index (χ1n) is 8.96. The quantitative estimate of drug-likeness (QED) is 0.812. The summed E-state index contributed by atoms with van der Waals surface area (Å²) in [6, 6.07) is 1.60. The Morgan fingerprint density at radius 3 is 2.45 bits per heavy atom. The monoisotopic (exact) mass is 281 g/mol. The number of piperazine rings is 1. The molecule has 2 fully saturated rings. The van der Waals surface area contributed by atoms with E-state index >= 15 is 0 Å². The molecular weight excluding hydrogens is 246 g/mol. The lowest BCUT2D eigenvalue weighted by Crippen LogP contribution is -2.54. The molecule has 3 unspecified atom stereocenters. The zero-order valence-electron chi connectivity index (χ0n) is 13.7. The van der Waals surface area contributed by atoms with E-state index in [0.717, 1.165) is 31.0 Å². The van der Waals surface area contributed by atoms with Crippen LogP contribution in [-0.2, 0) is 0 Å². The van der Waals surface area contributed by atoms with Gasteiger partial charge in [0.05, 0.1) is 0 Å². The van der Waals surface area contributed by atoms with Crippen molar-refractivity contribution in [3.8, 4) is 0 Å². The van der Waals surface area contributed by atoms with Gasteiger partial charge in [-0.2, -0.15) is 0 Å². The maximum Gasteiger partial charge on any atom is 0.0113 e. The zero-order chi connectivity index (χ0) is 14.4. The second-order valence-corrected chi connectivity index (χ2v) is 6.81. The molecule has 1 heterocycles. The third-order valence-electron chi connectivity index (χ3n) is 5.69. The molecule has 1 saturated heterocycles. The molecule has 3 heteroatoms. The van der Waals surface area contributed by atoms with Gasteiger partial charge in [-0.3, -0.25) is 9.80 Å². The molecule has 0 radical (unpaired) electrons. The van der Waals surface area contributed by atoms with Gasteiger partial charge >= 0.3 is 0 Å². The molecule has 0 aromatic heterocycles. The molecule has 0 amide bonds. The Morgan fingerprint density at radius 1 is 1.10 bits per heavy atom. The largest absolute Gasteiger partial charge is 0.330 e. The lowest BCUT2D eigenvalue weighted by atomic mass is 9.83. The summed E-state index contributed by atoms with van der Waals surface area (Å²) < 4.78 is 0. The van der Waals surface area contributed by atoms with Crippen molar-refractivity contribution in [1.82, 2.24) is 9.80 Å². The Bertz CT molecular complexity index is 261. The average molecular weight is 281 g/mol. The van der Waals surface area contributed by atoms with E-state index in [1.54, 1.807) is 0 Å². The van der Waals surface area contributed by atoms with E-state index in [0.29, 0.717) is 0 Å². The van der Waals surface area contributed by atoms with Gasteiger partial charge in [0.1, 0.15) is 0 Å². The summed E-state index contributed by atoms with van der Waals surface area (Å²) in [5.41, 5.74) is 5.75. The molecule has 2 N–H and O–H groups in total. The van der Waals surface area contributed by atoms with Gasteiger partial charge in [-0.25, -0.2) is 0 Å². The van der Waals surface area contributed by atoms with Gasteiger partial charge < -0.3 is 5.73 Å². The molecule has 0 aromatic carbocycles. The normalized spacial score (nSPS) is 31.4. The SMILES string of the molecule is CCC1CCCC(N2CCN(C(CC)CCN)CC2)C1. The molecule has 0 spiro atoms. The first-order valence-corrected chi connectivity index (χ1v) is 8.96. The molecule has 1 aliphatic heterocycles. The average Bonchev–Trinajstić information content (AvgIpc) is 2.53. The van der Waals surface area contributed by atoms with Crippen LogP contribution in [-0.4, -0.2) is 54.6 Å². The number of hydrogen-bond donors (Lipinski definition) is 1. The van der Waals surface area contributed by atoms with Gasteiger partial charge in [-0.15, -0.1) is 0 Å². The highest BCUT2D eigenvalue weighted by Crippen LogP contribution is 2.30. The summed E-state index contributed by atoms with van der Waals surface area (Å²) in [4.78, 5) is 5.47. The molecule has 1 saturated carbocycles. The van der Waals surface area contributed by atoms with Crippen molar-refractivity contribution in [2.45, 2.75) is 70.9 Å². The highest BCUT2D eigenvalue weighted by molar-refractivity contribution is 4.85. The third-order valence-corrected chi connectivity index (χ3v) is 5.69. The molecule has 2 aliphatic rings. The summed E-state index contributed by atoms with van der Waals surface area (Å²) in [7, 11) is 0. The lowest BCUT2D eigenvalue weighted by Gasteiger charge is -2.44. The van der Waals surface area contributed by atoms with Crippen molar-refractivity contribution in [3.05, 3.63) is 0 Å². The van der Waals surface area contributed by atoms with Crippen molar-refractivity contribution < 1.29 is 0 Å². The fraction of sp³-hybridized carbons (Fsp3) is 1.00. The minimum atomic E-state index is 0.719. The predicted octanol–water partition coefficient (Wildman–Crippen LogP) is 2.70. The number of hydrogen-bond acceptors (Lipinski definition) is 3. The Morgan fingerprint density at radius 2 is 1.85 bits per heavy atom. The molecule has 1 aliphatic carbocycles. The van der Waals surface area contributed by atoms with Gasteiger partial charge in [0, 0.05) is 38.3 Å². The standard InChI is InChI=1S/C17H35N3/c1-3-15-6-5-7-17(14-15)20-12-10-19(11-13-20)16(4-2)8-9-18/h15-17H,3-14,18H2,1-2H3. The summed E-state index contributed by atoms with van der Waals surface area (Å²) in [5.74, 6) is 0.993. The lowest BCUT2D eigenvalue weighted by molar-refractivity contribution is 0.0447. The van der Waals surface area contributed by atoms with E-state index < -0.39 is 0 Å². The van der Waals surface area contributed by atoms with Gasteiger partial charge in [-0.1, -0.05) is 33.1 Å². The third kappa shape index (κ3) is 4.19. The van der Waals surface area contributed by atoms with Crippen LogP contribution in [0.1, 0.15) is 58.8 Å². The van der Waals surface area contributed by atoms with Crippen LogP contribution in [0.5, 0.6) is 0 Å². The topological polar surface area (TPSA) is 32.5 Å². The Kier molecular flexibility index (Phi) is 6.79. The summed E-state index contributed by atoms with van der Waals surface area (Å²) in [6.45, 7) is 10.6. The number of nitrogens with zero attached hydrogens (tertiary/aromatic N) is 2. The first-order chi connectivity index (χ1) is 9.78. The number of rotatable bonds is 6. The predicted molar refractivity (Wildman–Crippen MR) is 86.9 cm³/mol. The molecule has 118 valence electrons. The van der Waals surface area contributed by atoms with Crippen LogP contribution in [0.4, 0.5) is 0 Å². The highest BCUT2D eigenvalue weighted by Gasteiger charge is 2.29. The maximum atomic E-state index is 5.75. The van der Waals surface area contributed by atoms with Gasteiger partial charge in [-0.05, 0) is 38.1 Å². The smallest absolute Gasteiger partial charge is 0.0113 e. The minimum Gasteiger partial charge on any atom is -0.330 e. The molecule has 0 bridgehead atoms. The highest BCUT2D eigenvalue weighted by atomic mass is 15.3. The van der Waals surface area contributed by atoms with Crippen LogP contribution < -0.4 is 5.73 Å². The fourth-order valence-corrected chi connectivity index (χ4v) is 4.27. The molecular formula is C17H35N3. The van der Waals surface area contributed by atoms with Crippen LogP contribution in [0.3, 0.4) is 0 Å². The molecule has 3 nitrogen and oxygen atoms in total. The second kappa shape index (κ2) is 8.35. The fourth-order valence-electron chi connectivity index (χ4n) is 4.27. The number of nitrogens with two attached hydrogens (primary N) is 1. The van der Waals surface area contributed by atoms with E-state index in [-0.39, 0.29) is 0 Å². The van der Waals surface area contributed by atoms with Gasteiger partial charge in [0.25, 0.3) is 0 Å². The van der Waals surface area contributed by atoms with Crippen molar-refractivity contribution in [2.24, 2.45) is 11.7 Å². The van der Waals surface area contributed by atoms with Crippen molar-refractivity contribution in [2.75, 3.05) is 32.7 Å². The minimum absolute atomic E-state index is 0.719. The van der Waals surface area contributed by atoms with Gasteiger partial charge in [0.2, 0.25) is 0 Å². The molecule has 20 heavy (non-hydrogen) atoms. The van der Waals surface area contributed by atoms with Crippen LogP contribution in [0.15, 0.2) is 0 Å². The Labute approximate surface area is 125 Å². The van der Waals surface area contributed by atoms with Crippen LogP contribution in [0.25, 0.3) is 0 Å². The summed E-state index contributed by atoms with van der Waals surface area (Å²) in [6.07, 6.45) is 9.61. The van der Waals surface area contributed by atoms with E-state index in [9.17, 15) is 0 Å². The molecule has 0 aromatic rings. The summed E-state index contributed by atoms with van der Waals surface area (Å²) in [5, 5.41) is 0. The zero-order valence-corrected chi connectivity index (χ0v) is 13.7. The van der Waals surface area contributed by atoms with Crippen molar-refractivity contribution in [1.29, 1.82) is 0 Å². The van der Waals surface area contributed by atoms with Gasteiger partial charge in [0.15, 0.2) is 0 Å². The van der Waals surface area contributed by atoms with Crippen LogP contribution >= 0.6 is 0 Å². The van der Waals surface area contributed by atoms with Crippen LogP contribution in [0.2, 0.25) is 0 Å².